The Morgan fingerprint density at radius 3 is 2.44 bits per heavy atom. The topological polar surface area (TPSA) is 64.7 Å². The van der Waals surface area contributed by atoms with Crippen molar-refractivity contribution in [1.29, 1.82) is 0 Å². The molecule has 1 atom stereocenters. The van der Waals surface area contributed by atoms with Crippen LogP contribution in [0.4, 0.5) is 5.69 Å². The van der Waals surface area contributed by atoms with Crippen LogP contribution in [0, 0.1) is 11.8 Å². The van der Waals surface area contributed by atoms with Crippen molar-refractivity contribution in [2.75, 3.05) is 50.7 Å². The second-order valence-corrected chi connectivity index (χ2v) is 7.21. The van der Waals surface area contributed by atoms with Gasteiger partial charge in [-0.15, -0.1) is 24.8 Å². The van der Waals surface area contributed by atoms with Crippen LogP contribution in [0.15, 0.2) is 24.3 Å². The largest absolute Gasteiger partial charge is 0.368 e. The summed E-state index contributed by atoms with van der Waals surface area (Å²) in [7, 11) is 0. The van der Waals surface area contributed by atoms with Crippen LogP contribution in [0.25, 0.3) is 0 Å². The predicted octanol–water partition coefficient (Wildman–Crippen LogP) is 1.80. The van der Waals surface area contributed by atoms with Gasteiger partial charge in [0.2, 0.25) is 11.8 Å². The number of nitrogens with zero attached hydrogens (tertiary/aromatic N) is 2. The van der Waals surface area contributed by atoms with E-state index in [0.717, 1.165) is 36.9 Å². The van der Waals surface area contributed by atoms with E-state index in [1.165, 1.54) is 0 Å². The van der Waals surface area contributed by atoms with Crippen molar-refractivity contribution in [2.24, 2.45) is 11.8 Å². The molecule has 3 rings (SSSR count). The molecule has 27 heavy (non-hydrogen) atoms. The standard InChI is InChI=1S/C18H25ClN4O2.2ClH/c1-13(14-10-20-11-14)18(25)21-12-17(24)23-7-5-22(6-8-23)16-4-2-3-15(19)9-16;;/h2-4,9,13-14,20H,5-8,10-12H2,1H3,(H,21,25);2*1H. The number of benzene rings is 1. The molecule has 0 saturated carbocycles. The zero-order valence-corrected chi connectivity index (χ0v) is 17.7. The van der Waals surface area contributed by atoms with Crippen LogP contribution in [-0.4, -0.2) is 62.5 Å². The number of carbonyl (C=O) groups is 2. The molecule has 0 aliphatic carbocycles. The van der Waals surface area contributed by atoms with Gasteiger partial charge in [0.1, 0.15) is 0 Å². The van der Waals surface area contributed by atoms with E-state index in [0.29, 0.717) is 19.0 Å². The van der Waals surface area contributed by atoms with Crippen molar-refractivity contribution in [3.05, 3.63) is 29.3 Å². The van der Waals surface area contributed by atoms with Crippen LogP contribution >= 0.6 is 36.4 Å². The maximum absolute atomic E-state index is 12.3. The monoisotopic (exact) mass is 436 g/mol. The highest BCUT2D eigenvalue weighted by atomic mass is 35.5. The van der Waals surface area contributed by atoms with Gasteiger partial charge < -0.3 is 20.4 Å². The first kappa shape index (κ1) is 23.8. The second kappa shape index (κ2) is 11.0. The van der Waals surface area contributed by atoms with Crippen molar-refractivity contribution in [1.82, 2.24) is 15.5 Å². The predicted molar refractivity (Wildman–Crippen MR) is 113 cm³/mol. The van der Waals surface area contributed by atoms with Gasteiger partial charge in [-0.05, 0) is 37.2 Å². The normalized spacial score (nSPS) is 17.9. The van der Waals surface area contributed by atoms with E-state index in [1.54, 1.807) is 0 Å². The molecule has 2 heterocycles. The minimum absolute atomic E-state index is 0. The third-order valence-electron chi connectivity index (χ3n) is 5.15. The maximum atomic E-state index is 12.3. The maximum Gasteiger partial charge on any atom is 0.242 e. The van der Waals surface area contributed by atoms with E-state index in [1.807, 2.05) is 36.1 Å². The third-order valence-corrected chi connectivity index (χ3v) is 5.39. The van der Waals surface area contributed by atoms with Gasteiger partial charge in [0.25, 0.3) is 0 Å². The fraction of sp³-hybridized carbons (Fsp3) is 0.556. The summed E-state index contributed by atoms with van der Waals surface area (Å²) in [5.41, 5.74) is 1.08. The lowest BCUT2D eigenvalue weighted by molar-refractivity contribution is -0.134. The smallest absolute Gasteiger partial charge is 0.242 e. The molecule has 152 valence electrons. The Morgan fingerprint density at radius 2 is 1.89 bits per heavy atom. The van der Waals surface area contributed by atoms with Gasteiger partial charge in [0.05, 0.1) is 6.54 Å². The van der Waals surface area contributed by atoms with Crippen molar-refractivity contribution in [3.8, 4) is 0 Å². The zero-order valence-electron chi connectivity index (χ0n) is 15.3. The minimum Gasteiger partial charge on any atom is -0.368 e. The van der Waals surface area contributed by atoms with Crippen LogP contribution in [0.2, 0.25) is 5.02 Å². The summed E-state index contributed by atoms with van der Waals surface area (Å²) in [5.74, 6) is 0.292. The van der Waals surface area contributed by atoms with E-state index in [9.17, 15) is 9.59 Å². The van der Waals surface area contributed by atoms with E-state index >= 15 is 0 Å². The first-order valence-electron chi connectivity index (χ1n) is 8.81. The quantitative estimate of drug-likeness (QED) is 0.737. The molecule has 9 heteroatoms. The summed E-state index contributed by atoms with van der Waals surface area (Å²) >= 11 is 6.04. The Morgan fingerprint density at radius 1 is 1.22 bits per heavy atom. The summed E-state index contributed by atoms with van der Waals surface area (Å²) in [4.78, 5) is 28.5. The van der Waals surface area contributed by atoms with Crippen LogP contribution in [-0.2, 0) is 9.59 Å². The highest BCUT2D eigenvalue weighted by Crippen LogP contribution is 2.21. The summed E-state index contributed by atoms with van der Waals surface area (Å²) in [5, 5.41) is 6.67. The van der Waals surface area contributed by atoms with Crippen LogP contribution in [0.3, 0.4) is 0 Å². The Balaban J connectivity index is 0.00000182. The van der Waals surface area contributed by atoms with E-state index in [-0.39, 0.29) is 49.1 Å². The zero-order chi connectivity index (χ0) is 17.8. The van der Waals surface area contributed by atoms with Crippen molar-refractivity contribution >= 4 is 53.9 Å². The second-order valence-electron chi connectivity index (χ2n) is 6.77. The van der Waals surface area contributed by atoms with E-state index < -0.39 is 0 Å². The minimum atomic E-state index is -0.0475. The molecule has 2 fully saturated rings. The molecule has 0 bridgehead atoms. The summed E-state index contributed by atoms with van der Waals surface area (Å²) in [6.45, 7) is 6.62. The molecule has 2 amide bonds. The molecule has 2 aliphatic rings. The molecule has 6 nitrogen and oxygen atoms in total. The molecule has 2 N–H and O–H groups in total. The molecule has 2 saturated heterocycles. The van der Waals surface area contributed by atoms with Gasteiger partial charge in [-0.25, -0.2) is 0 Å². The van der Waals surface area contributed by atoms with Gasteiger partial charge in [0.15, 0.2) is 0 Å². The number of nitrogens with one attached hydrogen (secondary N) is 2. The molecule has 1 aromatic carbocycles. The van der Waals surface area contributed by atoms with Crippen molar-refractivity contribution < 1.29 is 9.59 Å². The number of hydrogen-bond donors (Lipinski definition) is 2. The van der Waals surface area contributed by atoms with Crippen molar-refractivity contribution in [2.45, 2.75) is 6.92 Å². The fourth-order valence-corrected chi connectivity index (χ4v) is 3.39. The average Bonchev–Trinajstić information content (AvgIpc) is 2.58. The van der Waals surface area contributed by atoms with E-state index in [2.05, 4.69) is 15.5 Å². The summed E-state index contributed by atoms with van der Waals surface area (Å²) in [6, 6.07) is 7.76. The van der Waals surface area contributed by atoms with Crippen molar-refractivity contribution in [3.63, 3.8) is 0 Å². The third kappa shape index (κ3) is 6.14. The number of carbonyl (C=O) groups excluding carboxylic acids is 2. The molecule has 0 spiro atoms. The fourth-order valence-electron chi connectivity index (χ4n) is 3.20. The lowest BCUT2D eigenvalue weighted by Gasteiger charge is -2.36. The lowest BCUT2D eigenvalue weighted by Crippen LogP contribution is -2.53. The number of anilines is 1. The van der Waals surface area contributed by atoms with Gasteiger partial charge in [-0.3, -0.25) is 9.59 Å². The van der Waals surface area contributed by atoms with Gasteiger partial charge in [-0.1, -0.05) is 24.6 Å². The van der Waals surface area contributed by atoms with Gasteiger partial charge in [0, 0.05) is 42.8 Å². The van der Waals surface area contributed by atoms with Crippen LogP contribution < -0.4 is 15.5 Å². The lowest BCUT2D eigenvalue weighted by atomic mass is 9.88. The summed E-state index contributed by atoms with van der Waals surface area (Å²) < 4.78 is 0. The Bertz CT molecular complexity index is 635. The molecule has 0 radical (unpaired) electrons. The molecule has 0 aromatic heterocycles. The number of amides is 2. The highest BCUT2D eigenvalue weighted by molar-refractivity contribution is 6.30. The number of rotatable bonds is 5. The molecule has 1 aromatic rings. The SMILES string of the molecule is CC(C(=O)NCC(=O)N1CCN(c2cccc(Cl)c2)CC1)C1CNC1.Cl.Cl. The number of halogens is 3. The van der Waals surface area contributed by atoms with Gasteiger partial charge in [-0.2, -0.15) is 0 Å². The first-order chi connectivity index (χ1) is 12.0. The van der Waals surface area contributed by atoms with E-state index in [4.69, 9.17) is 11.6 Å². The Kier molecular flexibility index (Phi) is 9.67. The Hall–Kier alpha value is -1.21. The molecule has 1 unspecified atom stereocenters. The number of hydrogen-bond acceptors (Lipinski definition) is 4. The first-order valence-corrected chi connectivity index (χ1v) is 9.19. The Labute approximate surface area is 177 Å². The van der Waals surface area contributed by atoms with Crippen LogP contribution in [0.1, 0.15) is 6.92 Å². The molecular formula is C18H27Cl3N4O2. The highest BCUT2D eigenvalue weighted by Gasteiger charge is 2.29. The van der Waals surface area contributed by atoms with Crippen LogP contribution in [0.5, 0.6) is 0 Å². The summed E-state index contributed by atoms with van der Waals surface area (Å²) in [6.07, 6.45) is 0. The molecule has 2 aliphatic heterocycles. The number of piperazine rings is 1. The van der Waals surface area contributed by atoms with Gasteiger partial charge >= 0.3 is 0 Å². The average molecular weight is 438 g/mol. The molecular weight excluding hydrogens is 411 g/mol.